The molecule has 4 nitrogen and oxygen atoms in total. The number of hydrogen-bond acceptors (Lipinski definition) is 3. The van der Waals surface area contributed by atoms with Crippen molar-refractivity contribution in [3.8, 4) is 0 Å². The summed E-state index contributed by atoms with van der Waals surface area (Å²) >= 11 is 0. The van der Waals surface area contributed by atoms with E-state index >= 15 is 0 Å². The summed E-state index contributed by atoms with van der Waals surface area (Å²) in [4.78, 5) is 9.94. The molecule has 0 atom stereocenters. The van der Waals surface area contributed by atoms with Gasteiger partial charge in [0.1, 0.15) is 0 Å². The van der Waals surface area contributed by atoms with Gasteiger partial charge in [0.15, 0.2) is 0 Å². The largest absolute Gasteiger partial charge is 0.385 e. The molecule has 0 saturated heterocycles. The van der Waals surface area contributed by atoms with Crippen LogP contribution in [-0.4, -0.2) is 18.1 Å². The minimum Gasteiger partial charge on any atom is -0.385 e. The second-order valence-corrected chi connectivity index (χ2v) is 2.78. The van der Waals surface area contributed by atoms with Crippen LogP contribution in [0.1, 0.15) is 6.42 Å². The molecule has 76 valence electrons. The third kappa shape index (κ3) is 3.01. The number of rotatable bonds is 5. The van der Waals surface area contributed by atoms with Crippen LogP contribution >= 0.6 is 0 Å². The summed E-state index contributed by atoms with van der Waals surface area (Å²) in [5.41, 5.74) is 0.683. The van der Waals surface area contributed by atoms with Crippen LogP contribution in [0.5, 0.6) is 0 Å². The molecule has 1 rings (SSSR count). The topological polar surface area (TPSA) is 55.2 Å². The Morgan fingerprint density at radius 3 is 2.93 bits per heavy atom. The van der Waals surface area contributed by atoms with E-state index in [0.717, 1.165) is 0 Å². The second-order valence-electron chi connectivity index (χ2n) is 2.78. The highest BCUT2D eigenvalue weighted by Gasteiger charge is 2.04. The Bertz CT molecular complexity index is 317. The third-order valence-electron chi connectivity index (χ3n) is 1.70. The van der Waals surface area contributed by atoms with E-state index in [4.69, 9.17) is 0 Å². The molecule has 0 fully saturated rings. The maximum absolute atomic E-state index is 11.8. The van der Waals surface area contributed by atoms with Crippen LogP contribution in [0, 0.1) is 10.1 Å². The first-order valence-corrected chi connectivity index (χ1v) is 4.28. The van der Waals surface area contributed by atoms with Crippen molar-refractivity contribution in [3.05, 3.63) is 34.4 Å². The Balaban J connectivity index is 2.59. The average molecular weight is 198 g/mol. The highest BCUT2D eigenvalue weighted by Crippen LogP contribution is 2.16. The van der Waals surface area contributed by atoms with Gasteiger partial charge in [0.2, 0.25) is 0 Å². The molecule has 1 aromatic rings. The Labute approximate surface area is 80.9 Å². The molecule has 0 amide bonds. The minimum absolute atomic E-state index is 0.0373. The van der Waals surface area contributed by atoms with Gasteiger partial charge in [-0.05, 0) is 12.5 Å². The van der Waals surface area contributed by atoms with Gasteiger partial charge in [-0.15, -0.1) is 0 Å². The lowest BCUT2D eigenvalue weighted by Gasteiger charge is -2.03. The highest BCUT2D eigenvalue weighted by atomic mass is 19.1. The van der Waals surface area contributed by atoms with E-state index in [2.05, 4.69) is 5.32 Å². The number of nitro groups is 1. The van der Waals surface area contributed by atoms with Crippen molar-refractivity contribution in [2.45, 2.75) is 6.42 Å². The average Bonchev–Trinajstić information content (AvgIpc) is 2.19. The molecule has 0 aliphatic heterocycles. The number of anilines is 1. The molecular weight excluding hydrogens is 187 g/mol. The summed E-state index contributed by atoms with van der Waals surface area (Å²) in [7, 11) is 0. The minimum atomic E-state index is -0.458. The standard InChI is InChI=1S/C9H11FN2O2/c10-5-2-6-11-8-3-1-4-9(7-8)12(13)14/h1,3-4,7,11H,2,5-6H2. The van der Waals surface area contributed by atoms with Crippen molar-refractivity contribution in [1.82, 2.24) is 0 Å². The fourth-order valence-corrected chi connectivity index (χ4v) is 1.03. The summed E-state index contributed by atoms with van der Waals surface area (Å²) in [6, 6.07) is 6.15. The molecule has 5 heteroatoms. The van der Waals surface area contributed by atoms with Crippen LogP contribution in [0.3, 0.4) is 0 Å². The number of alkyl halides is 1. The molecular formula is C9H11FN2O2. The second kappa shape index (κ2) is 5.16. The summed E-state index contributed by atoms with van der Waals surface area (Å²) < 4.78 is 11.8. The first-order valence-electron chi connectivity index (χ1n) is 4.28. The lowest BCUT2D eigenvalue weighted by molar-refractivity contribution is -0.384. The number of nitro benzene ring substituents is 1. The van der Waals surface area contributed by atoms with Gasteiger partial charge >= 0.3 is 0 Å². The number of hydrogen-bond donors (Lipinski definition) is 1. The van der Waals surface area contributed by atoms with E-state index in [1.54, 1.807) is 12.1 Å². The lowest BCUT2D eigenvalue weighted by Crippen LogP contribution is -2.02. The number of nitrogens with zero attached hydrogens (tertiary/aromatic N) is 1. The summed E-state index contributed by atoms with van der Waals surface area (Å²) in [6.07, 6.45) is 0.405. The quantitative estimate of drug-likeness (QED) is 0.449. The van der Waals surface area contributed by atoms with Gasteiger partial charge in [-0.25, -0.2) is 0 Å². The Morgan fingerprint density at radius 2 is 2.29 bits per heavy atom. The van der Waals surface area contributed by atoms with E-state index in [-0.39, 0.29) is 12.4 Å². The lowest BCUT2D eigenvalue weighted by atomic mass is 10.3. The van der Waals surface area contributed by atoms with Gasteiger partial charge in [0, 0.05) is 24.4 Å². The van der Waals surface area contributed by atoms with Crippen molar-refractivity contribution < 1.29 is 9.31 Å². The molecule has 0 aromatic heterocycles. The predicted octanol–water partition coefficient (Wildman–Crippen LogP) is 2.37. The molecule has 0 saturated carbocycles. The van der Waals surface area contributed by atoms with Crippen molar-refractivity contribution >= 4 is 11.4 Å². The first-order chi connectivity index (χ1) is 6.74. The number of non-ortho nitro benzene ring substituents is 1. The van der Waals surface area contributed by atoms with Gasteiger partial charge < -0.3 is 5.32 Å². The Morgan fingerprint density at radius 1 is 1.50 bits per heavy atom. The molecule has 0 spiro atoms. The van der Waals surface area contributed by atoms with Crippen LogP contribution in [0.4, 0.5) is 15.8 Å². The van der Waals surface area contributed by atoms with E-state index in [0.29, 0.717) is 18.7 Å². The van der Waals surface area contributed by atoms with Crippen molar-refractivity contribution in [3.63, 3.8) is 0 Å². The molecule has 14 heavy (non-hydrogen) atoms. The van der Waals surface area contributed by atoms with Crippen LogP contribution in [0.25, 0.3) is 0 Å². The smallest absolute Gasteiger partial charge is 0.271 e. The summed E-state index contributed by atoms with van der Waals surface area (Å²) in [5, 5.41) is 13.3. The number of nitrogens with one attached hydrogen (secondary N) is 1. The van der Waals surface area contributed by atoms with Gasteiger partial charge in [-0.3, -0.25) is 14.5 Å². The van der Waals surface area contributed by atoms with E-state index in [1.165, 1.54) is 12.1 Å². The SMILES string of the molecule is O=[N+]([O-])c1cccc(NCCCF)c1. The molecule has 0 unspecified atom stereocenters. The molecule has 1 N–H and O–H groups in total. The first kappa shape index (κ1) is 10.4. The zero-order valence-corrected chi connectivity index (χ0v) is 7.57. The van der Waals surface area contributed by atoms with Gasteiger partial charge in [-0.1, -0.05) is 6.07 Å². The van der Waals surface area contributed by atoms with Crippen molar-refractivity contribution in [2.24, 2.45) is 0 Å². The number of halogens is 1. The van der Waals surface area contributed by atoms with E-state index < -0.39 is 4.92 Å². The molecule has 0 heterocycles. The third-order valence-corrected chi connectivity index (χ3v) is 1.70. The normalized spacial score (nSPS) is 9.79. The fraction of sp³-hybridized carbons (Fsp3) is 0.333. The molecule has 0 aliphatic carbocycles. The zero-order chi connectivity index (χ0) is 10.4. The van der Waals surface area contributed by atoms with Crippen LogP contribution < -0.4 is 5.32 Å². The van der Waals surface area contributed by atoms with Gasteiger partial charge in [0.25, 0.3) is 5.69 Å². The maximum Gasteiger partial charge on any atom is 0.271 e. The molecule has 1 aromatic carbocycles. The van der Waals surface area contributed by atoms with Crippen LogP contribution in [-0.2, 0) is 0 Å². The fourth-order valence-electron chi connectivity index (χ4n) is 1.03. The Kier molecular flexibility index (Phi) is 3.84. The molecule has 0 radical (unpaired) electrons. The molecule has 0 bridgehead atoms. The number of benzene rings is 1. The van der Waals surface area contributed by atoms with Gasteiger partial charge in [0.05, 0.1) is 11.6 Å². The van der Waals surface area contributed by atoms with Crippen LogP contribution in [0.15, 0.2) is 24.3 Å². The molecule has 0 aliphatic rings. The monoisotopic (exact) mass is 198 g/mol. The summed E-state index contributed by atoms with van der Waals surface area (Å²) in [6.45, 7) is 0.0968. The maximum atomic E-state index is 11.8. The van der Waals surface area contributed by atoms with Gasteiger partial charge in [-0.2, -0.15) is 0 Å². The van der Waals surface area contributed by atoms with E-state index in [1.807, 2.05) is 0 Å². The predicted molar refractivity (Wildman–Crippen MR) is 52.2 cm³/mol. The van der Waals surface area contributed by atoms with Crippen molar-refractivity contribution in [2.75, 3.05) is 18.5 Å². The van der Waals surface area contributed by atoms with E-state index in [9.17, 15) is 14.5 Å². The van der Waals surface area contributed by atoms with Crippen molar-refractivity contribution in [1.29, 1.82) is 0 Å². The summed E-state index contributed by atoms with van der Waals surface area (Å²) in [5.74, 6) is 0. The Hall–Kier alpha value is -1.65. The highest BCUT2D eigenvalue weighted by molar-refractivity contribution is 5.50. The van der Waals surface area contributed by atoms with Crippen LogP contribution in [0.2, 0.25) is 0 Å². The zero-order valence-electron chi connectivity index (χ0n) is 7.57.